The number of nitrogens with zero attached hydrogens (tertiary/aromatic N) is 2. The summed E-state index contributed by atoms with van der Waals surface area (Å²) >= 11 is 0. The smallest absolute Gasteiger partial charge is 0.170 e. The highest BCUT2D eigenvalue weighted by Crippen LogP contribution is 2.27. The van der Waals surface area contributed by atoms with Gasteiger partial charge in [0.2, 0.25) is 0 Å². The second kappa shape index (κ2) is 7.04. The van der Waals surface area contributed by atoms with Gasteiger partial charge in [0.25, 0.3) is 0 Å². The maximum absolute atomic E-state index is 14.1. The summed E-state index contributed by atoms with van der Waals surface area (Å²) in [4.78, 5) is 1.52. The molecule has 0 aliphatic carbocycles. The van der Waals surface area contributed by atoms with E-state index in [9.17, 15) is 8.78 Å². The number of anilines is 1. The van der Waals surface area contributed by atoms with E-state index in [0.29, 0.717) is 13.0 Å². The van der Waals surface area contributed by atoms with Gasteiger partial charge in [0.15, 0.2) is 5.84 Å². The van der Waals surface area contributed by atoms with Crippen molar-refractivity contribution in [3.05, 3.63) is 29.3 Å². The predicted molar refractivity (Wildman–Crippen MR) is 73.1 cm³/mol. The number of aliphatic hydroxyl groups excluding tert-OH is 1. The molecule has 0 unspecified atom stereocenters. The average molecular weight is 287 g/mol. The minimum Gasteiger partial charge on any atom is -0.409 e. The zero-order valence-corrected chi connectivity index (χ0v) is 11.5. The van der Waals surface area contributed by atoms with Gasteiger partial charge in [0.05, 0.1) is 0 Å². The summed E-state index contributed by atoms with van der Waals surface area (Å²) in [6, 6.07) is 1.89. The van der Waals surface area contributed by atoms with Gasteiger partial charge < -0.3 is 20.9 Å². The first-order chi connectivity index (χ1) is 9.42. The maximum Gasteiger partial charge on any atom is 0.170 e. The van der Waals surface area contributed by atoms with Crippen molar-refractivity contribution < 1.29 is 19.1 Å². The van der Waals surface area contributed by atoms with Crippen molar-refractivity contribution in [3.8, 4) is 0 Å². The minimum atomic E-state index is -0.793. The molecule has 0 saturated carbocycles. The van der Waals surface area contributed by atoms with Crippen LogP contribution in [-0.2, 0) is 0 Å². The molecule has 0 spiro atoms. The molecule has 0 saturated heterocycles. The molecule has 0 heterocycles. The third-order valence-corrected chi connectivity index (χ3v) is 2.89. The summed E-state index contributed by atoms with van der Waals surface area (Å²) < 4.78 is 28.2. The molecule has 0 atom stereocenters. The van der Waals surface area contributed by atoms with Gasteiger partial charge in [0.1, 0.15) is 17.3 Å². The van der Waals surface area contributed by atoms with Crippen molar-refractivity contribution in [2.24, 2.45) is 10.9 Å². The van der Waals surface area contributed by atoms with Crippen LogP contribution in [0.5, 0.6) is 0 Å². The normalized spacial score (nSPS) is 12.0. The van der Waals surface area contributed by atoms with Crippen LogP contribution in [0.1, 0.15) is 25.8 Å². The van der Waals surface area contributed by atoms with E-state index in [1.807, 2.05) is 0 Å². The van der Waals surface area contributed by atoms with E-state index in [4.69, 9.17) is 16.0 Å². The molecule has 0 radical (unpaired) electrons. The fourth-order valence-electron chi connectivity index (χ4n) is 1.91. The van der Waals surface area contributed by atoms with Gasteiger partial charge in [-0.1, -0.05) is 5.16 Å². The van der Waals surface area contributed by atoms with E-state index < -0.39 is 11.6 Å². The number of halogens is 2. The van der Waals surface area contributed by atoms with Crippen LogP contribution in [0, 0.1) is 11.6 Å². The van der Waals surface area contributed by atoms with Crippen molar-refractivity contribution in [3.63, 3.8) is 0 Å². The summed E-state index contributed by atoms with van der Waals surface area (Å²) in [5.41, 5.74) is 5.11. The second-order valence-electron chi connectivity index (χ2n) is 4.64. The van der Waals surface area contributed by atoms with Crippen LogP contribution in [0.25, 0.3) is 0 Å². The van der Waals surface area contributed by atoms with Gasteiger partial charge >= 0.3 is 0 Å². The molecule has 4 N–H and O–H groups in total. The lowest BCUT2D eigenvalue weighted by molar-refractivity contribution is 0.288. The summed E-state index contributed by atoms with van der Waals surface area (Å²) in [5.74, 6) is -1.95. The molecule has 5 nitrogen and oxygen atoms in total. The molecule has 0 fully saturated rings. The first-order valence-corrected chi connectivity index (χ1v) is 6.26. The highest BCUT2D eigenvalue weighted by Gasteiger charge is 2.21. The van der Waals surface area contributed by atoms with Crippen LogP contribution in [0.2, 0.25) is 0 Å². The van der Waals surface area contributed by atoms with Crippen molar-refractivity contribution >= 4 is 11.5 Å². The Hall–Kier alpha value is -1.89. The number of hydrogen-bond acceptors (Lipinski definition) is 4. The molecule has 0 aliphatic rings. The Morgan fingerprint density at radius 3 is 2.30 bits per heavy atom. The fourth-order valence-corrected chi connectivity index (χ4v) is 1.91. The highest BCUT2D eigenvalue weighted by molar-refractivity contribution is 5.97. The number of hydrogen-bond donors (Lipinski definition) is 3. The molecule has 0 bridgehead atoms. The van der Waals surface area contributed by atoms with E-state index in [0.717, 1.165) is 12.1 Å². The van der Waals surface area contributed by atoms with Gasteiger partial charge in [-0.3, -0.25) is 0 Å². The molecular weight excluding hydrogens is 268 g/mol. The van der Waals surface area contributed by atoms with Gasteiger partial charge in [-0.05, 0) is 32.4 Å². The van der Waals surface area contributed by atoms with Crippen LogP contribution in [0.4, 0.5) is 14.5 Å². The third-order valence-electron chi connectivity index (χ3n) is 2.89. The average Bonchev–Trinajstić information content (AvgIpc) is 2.40. The number of oxime groups is 1. The number of benzene rings is 1. The first-order valence-electron chi connectivity index (χ1n) is 6.26. The van der Waals surface area contributed by atoms with E-state index >= 15 is 0 Å². The van der Waals surface area contributed by atoms with E-state index in [1.54, 1.807) is 13.8 Å². The van der Waals surface area contributed by atoms with Gasteiger partial charge in [-0.25, -0.2) is 8.78 Å². The standard InChI is InChI=1S/C13H19F2N3O2/c1-8(2)18(4-3-5-19)12-10(14)6-9(7-11(12)15)13(16)17-20/h6-8,19-20H,3-5H2,1-2H3,(H2,16,17). The van der Waals surface area contributed by atoms with E-state index in [2.05, 4.69) is 5.16 Å². The molecular formula is C13H19F2N3O2. The molecule has 20 heavy (non-hydrogen) atoms. The van der Waals surface area contributed by atoms with Gasteiger partial charge in [-0.2, -0.15) is 0 Å². The Labute approximate surface area is 116 Å². The number of amidine groups is 1. The summed E-state index contributed by atoms with van der Waals surface area (Å²) in [7, 11) is 0. The van der Waals surface area contributed by atoms with Crippen LogP contribution in [0.3, 0.4) is 0 Å². The monoisotopic (exact) mass is 287 g/mol. The van der Waals surface area contributed by atoms with Crippen molar-refractivity contribution in [1.29, 1.82) is 0 Å². The second-order valence-corrected chi connectivity index (χ2v) is 4.64. The van der Waals surface area contributed by atoms with Crippen molar-refractivity contribution in [1.82, 2.24) is 0 Å². The molecule has 1 aromatic carbocycles. The predicted octanol–water partition coefficient (Wildman–Crippen LogP) is 1.66. The molecule has 1 aromatic rings. The Balaban J connectivity index is 3.23. The van der Waals surface area contributed by atoms with Crippen molar-refractivity contribution in [2.75, 3.05) is 18.1 Å². The van der Waals surface area contributed by atoms with E-state index in [-0.39, 0.29) is 29.7 Å². The summed E-state index contributed by atoms with van der Waals surface area (Å²) in [6.45, 7) is 3.86. The lowest BCUT2D eigenvalue weighted by Crippen LogP contribution is -2.34. The van der Waals surface area contributed by atoms with Crippen molar-refractivity contribution in [2.45, 2.75) is 26.3 Å². The van der Waals surface area contributed by atoms with E-state index in [1.165, 1.54) is 4.90 Å². The molecule has 1 rings (SSSR count). The quantitative estimate of drug-likeness (QED) is 0.321. The zero-order chi connectivity index (χ0) is 15.3. The topological polar surface area (TPSA) is 82.1 Å². The molecule has 112 valence electrons. The van der Waals surface area contributed by atoms with Gasteiger partial charge in [-0.15, -0.1) is 0 Å². The molecule has 0 aliphatic heterocycles. The minimum absolute atomic E-state index is 0.0304. The van der Waals surface area contributed by atoms with Crippen LogP contribution in [-0.4, -0.2) is 35.3 Å². The first kappa shape index (κ1) is 16.2. The lowest BCUT2D eigenvalue weighted by atomic mass is 10.1. The maximum atomic E-state index is 14.1. The number of aliphatic hydroxyl groups is 1. The fraction of sp³-hybridized carbons (Fsp3) is 0.462. The van der Waals surface area contributed by atoms with Crippen LogP contribution < -0.4 is 10.6 Å². The van der Waals surface area contributed by atoms with Crippen LogP contribution in [0.15, 0.2) is 17.3 Å². The molecule has 0 aromatic heterocycles. The largest absolute Gasteiger partial charge is 0.409 e. The third kappa shape index (κ3) is 3.57. The van der Waals surface area contributed by atoms with Gasteiger partial charge in [0, 0.05) is 24.8 Å². The molecule has 7 heteroatoms. The lowest BCUT2D eigenvalue weighted by Gasteiger charge is -2.29. The Morgan fingerprint density at radius 1 is 1.35 bits per heavy atom. The molecule has 0 amide bonds. The summed E-state index contributed by atoms with van der Waals surface area (Å²) in [6.07, 6.45) is 0.402. The highest BCUT2D eigenvalue weighted by atomic mass is 19.1. The number of nitrogens with two attached hydrogens (primary N) is 1. The zero-order valence-electron chi connectivity index (χ0n) is 11.5. The summed E-state index contributed by atoms with van der Waals surface area (Å²) in [5, 5.41) is 20.1. The number of rotatable bonds is 6. The van der Waals surface area contributed by atoms with Crippen LogP contribution >= 0.6 is 0 Å². The SMILES string of the molecule is CC(C)N(CCCO)c1c(F)cc(C(N)=NO)cc1F. The Kier molecular flexibility index (Phi) is 5.69. The Bertz CT molecular complexity index is 469. The Morgan fingerprint density at radius 2 is 1.90 bits per heavy atom.